The highest BCUT2D eigenvalue weighted by Gasteiger charge is 2.29. The number of hydrogen-bond acceptors (Lipinski definition) is 5. The molecule has 0 aliphatic carbocycles. The van der Waals surface area contributed by atoms with Crippen molar-refractivity contribution in [3.63, 3.8) is 0 Å². The van der Waals surface area contributed by atoms with Crippen LogP contribution in [0.1, 0.15) is 63.0 Å². The van der Waals surface area contributed by atoms with E-state index in [0.29, 0.717) is 41.8 Å². The number of carbonyl (C=O) groups excluding carboxylic acids is 2. The topological polar surface area (TPSA) is 81.5 Å². The van der Waals surface area contributed by atoms with Gasteiger partial charge in [0.1, 0.15) is 5.82 Å². The highest BCUT2D eigenvalue weighted by atomic mass is 16.5. The van der Waals surface area contributed by atoms with Crippen molar-refractivity contribution in [2.45, 2.75) is 58.9 Å². The quantitative estimate of drug-likeness (QED) is 0.212. The lowest BCUT2D eigenvalue weighted by Gasteiger charge is -2.32. The van der Waals surface area contributed by atoms with E-state index in [1.807, 2.05) is 79.7 Å². The van der Waals surface area contributed by atoms with Crippen LogP contribution in [0.4, 0.5) is 0 Å². The molecular weight excluding hydrogens is 502 g/mol. The van der Waals surface area contributed by atoms with Gasteiger partial charge in [0.25, 0.3) is 5.56 Å². The van der Waals surface area contributed by atoms with Crippen LogP contribution in [0.3, 0.4) is 0 Å². The van der Waals surface area contributed by atoms with Gasteiger partial charge in [0.05, 0.1) is 35.7 Å². The zero-order chi connectivity index (χ0) is 28.5. The number of esters is 1. The van der Waals surface area contributed by atoms with E-state index in [9.17, 15) is 14.4 Å². The highest BCUT2D eigenvalue weighted by Crippen LogP contribution is 2.27. The van der Waals surface area contributed by atoms with Crippen LogP contribution in [0, 0.1) is 0 Å². The molecule has 0 saturated heterocycles. The number of fused-ring (bicyclic) bond motifs is 1. The van der Waals surface area contributed by atoms with Crippen LogP contribution < -0.4 is 5.56 Å². The fourth-order valence-electron chi connectivity index (χ4n) is 4.98. The third-order valence-corrected chi connectivity index (χ3v) is 7.12. The van der Waals surface area contributed by atoms with Gasteiger partial charge in [-0.15, -0.1) is 0 Å². The zero-order valence-corrected chi connectivity index (χ0v) is 23.5. The van der Waals surface area contributed by atoms with E-state index in [1.165, 1.54) is 0 Å². The van der Waals surface area contributed by atoms with Crippen molar-refractivity contribution in [1.82, 2.24) is 14.5 Å². The number of nitrogens with zero attached hydrogens (tertiary/aromatic N) is 3. The summed E-state index contributed by atoms with van der Waals surface area (Å²) in [5, 5.41) is 0.519. The van der Waals surface area contributed by atoms with E-state index >= 15 is 0 Å². The maximum atomic E-state index is 13.9. The molecule has 7 heteroatoms. The first-order valence-electron chi connectivity index (χ1n) is 14.1. The van der Waals surface area contributed by atoms with Crippen LogP contribution in [0.5, 0.6) is 0 Å². The Balaban J connectivity index is 1.81. The van der Waals surface area contributed by atoms with Crippen molar-refractivity contribution in [1.29, 1.82) is 0 Å². The van der Waals surface area contributed by atoms with Gasteiger partial charge in [-0.05, 0) is 61.6 Å². The molecular formula is C33H37N3O4. The Hall–Kier alpha value is -4.26. The maximum absolute atomic E-state index is 13.9. The van der Waals surface area contributed by atoms with Gasteiger partial charge in [0.15, 0.2) is 0 Å². The van der Waals surface area contributed by atoms with Crippen LogP contribution in [0.2, 0.25) is 0 Å². The molecule has 1 aromatic heterocycles. The van der Waals surface area contributed by atoms with Crippen LogP contribution in [-0.4, -0.2) is 39.5 Å². The Bertz CT molecular complexity index is 1500. The second-order valence-corrected chi connectivity index (χ2v) is 9.70. The second kappa shape index (κ2) is 13.7. The van der Waals surface area contributed by atoms with Gasteiger partial charge in [0, 0.05) is 13.0 Å². The monoisotopic (exact) mass is 539 g/mol. The highest BCUT2D eigenvalue weighted by molar-refractivity contribution is 5.82. The van der Waals surface area contributed by atoms with Gasteiger partial charge in [-0.1, -0.05) is 68.4 Å². The third kappa shape index (κ3) is 6.65. The zero-order valence-electron chi connectivity index (χ0n) is 23.5. The summed E-state index contributed by atoms with van der Waals surface area (Å²) in [5.74, 6) is -0.0669. The molecule has 1 atom stereocenters. The van der Waals surface area contributed by atoms with E-state index < -0.39 is 12.0 Å². The number of carbonyl (C=O) groups is 2. The molecule has 0 fully saturated rings. The minimum atomic E-state index is -0.485. The SMILES string of the molecule is CCOC(=O)CCC(=O)N(CCc1ccccc1)C(CC)c1nc2ccccc2c(=O)n1-c1ccc(CC)cc1. The first kappa shape index (κ1) is 28.7. The molecule has 7 nitrogen and oxygen atoms in total. The molecule has 0 spiro atoms. The summed E-state index contributed by atoms with van der Waals surface area (Å²) in [6.45, 7) is 6.51. The number of benzene rings is 3. The van der Waals surface area contributed by atoms with E-state index in [2.05, 4.69) is 6.92 Å². The number of hydrogen-bond donors (Lipinski definition) is 0. The summed E-state index contributed by atoms with van der Waals surface area (Å²) in [5.41, 5.74) is 3.38. The largest absolute Gasteiger partial charge is 0.466 e. The summed E-state index contributed by atoms with van der Waals surface area (Å²) in [6, 6.07) is 24.7. The van der Waals surface area contributed by atoms with Gasteiger partial charge in [-0.3, -0.25) is 19.0 Å². The van der Waals surface area contributed by atoms with Crippen LogP contribution >= 0.6 is 0 Å². The Morgan fingerprint density at radius 1 is 0.875 bits per heavy atom. The van der Waals surface area contributed by atoms with E-state index in [-0.39, 0.29) is 30.9 Å². The number of aromatic nitrogens is 2. The fourth-order valence-corrected chi connectivity index (χ4v) is 4.98. The minimum Gasteiger partial charge on any atom is -0.466 e. The van der Waals surface area contributed by atoms with Crippen molar-refractivity contribution in [2.24, 2.45) is 0 Å². The number of rotatable bonds is 12. The number of para-hydroxylation sites is 1. The van der Waals surface area contributed by atoms with Crippen LogP contribution in [0.25, 0.3) is 16.6 Å². The summed E-state index contributed by atoms with van der Waals surface area (Å²) >= 11 is 0. The lowest BCUT2D eigenvalue weighted by Crippen LogP contribution is -2.40. The number of ether oxygens (including phenoxy) is 1. The molecule has 0 saturated carbocycles. The van der Waals surface area contributed by atoms with E-state index in [1.54, 1.807) is 22.5 Å². The number of aryl methyl sites for hydroxylation is 1. The van der Waals surface area contributed by atoms with Crippen LogP contribution in [-0.2, 0) is 27.2 Å². The summed E-state index contributed by atoms with van der Waals surface area (Å²) in [4.78, 5) is 46.5. The molecule has 1 amide bonds. The first-order valence-corrected chi connectivity index (χ1v) is 14.1. The molecule has 4 aromatic rings. The van der Waals surface area contributed by atoms with Crippen molar-refractivity contribution in [2.75, 3.05) is 13.2 Å². The Kier molecular flexibility index (Phi) is 9.84. The Labute approximate surface area is 235 Å². The fraction of sp³-hybridized carbons (Fsp3) is 0.333. The van der Waals surface area contributed by atoms with Gasteiger partial charge in [0.2, 0.25) is 5.91 Å². The van der Waals surface area contributed by atoms with Gasteiger partial charge < -0.3 is 9.64 Å². The lowest BCUT2D eigenvalue weighted by atomic mass is 10.1. The second-order valence-electron chi connectivity index (χ2n) is 9.70. The van der Waals surface area contributed by atoms with Crippen molar-refractivity contribution in [3.05, 3.63) is 106 Å². The van der Waals surface area contributed by atoms with Gasteiger partial charge in [-0.25, -0.2) is 4.98 Å². The molecule has 1 heterocycles. The van der Waals surface area contributed by atoms with E-state index in [4.69, 9.17) is 9.72 Å². The summed E-state index contributed by atoms with van der Waals surface area (Å²) in [7, 11) is 0. The molecule has 0 aliphatic rings. The number of amides is 1. The average Bonchev–Trinajstić information content (AvgIpc) is 2.99. The molecule has 3 aromatic carbocycles. The van der Waals surface area contributed by atoms with Crippen molar-refractivity contribution >= 4 is 22.8 Å². The normalized spacial score (nSPS) is 11.8. The molecule has 4 rings (SSSR count). The molecule has 1 unspecified atom stereocenters. The van der Waals surface area contributed by atoms with Crippen molar-refractivity contribution < 1.29 is 14.3 Å². The van der Waals surface area contributed by atoms with Crippen molar-refractivity contribution in [3.8, 4) is 5.69 Å². The average molecular weight is 540 g/mol. The predicted molar refractivity (Wildman–Crippen MR) is 157 cm³/mol. The Morgan fingerprint density at radius 3 is 2.25 bits per heavy atom. The molecule has 0 radical (unpaired) electrons. The minimum absolute atomic E-state index is 0.00137. The standard InChI is InChI=1S/C33H37N3O4/c1-4-24-16-18-26(19-17-24)36-32(34-28-15-11-10-14-27(28)33(36)39)29(5-2)35(23-22-25-12-8-7-9-13-25)30(37)20-21-31(38)40-6-3/h7-19,29H,4-6,20-23H2,1-3H3. The Morgan fingerprint density at radius 2 is 1.57 bits per heavy atom. The summed E-state index contributed by atoms with van der Waals surface area (Å²) in [6.07, 6.45) is 2.08. The predicted octanol–water partition coefficient (Wildman–Crippen LogP) is 5.81. The smallest absolute Gasteiger partial charge is 0.306 e. The molecule has 208 valence electrons. The maximum Gasteiger partial charge on any atom is 0.306 e. The lowest BCUT2D eigenvalue weighted by molar-refractivity contribution is -0.146. The van der Waals surface area contributed by atoms with E-state index in [0.717, 1.165) is 17.5 Å². The van der Waals surface area contributed by atoms with Gasteiger partial charge >= 0.3 is 5.97 Å². The molecule has 40 heavy (non-hydrogen) atoms. The third-order valence-electron chi connectivity index (χ3n) is 7.12. The summed E-state index contributed by atoms with van der Waals surface area (Å²) < 4.78 is 6.71. The molecule has 0 bridgehead atoms. The molecule has 0 N–H and O–H groups in total. The first-order chi connectivity index (χ1) is 19.5. The molecule has 0 aliphatic heterocycles. The van der Waals surface area contributed by atoms with Gasteiger partial charge in [-0.2, -0.15) is 0 Å². The van der Waals surface area contributed by atoms with Crippen LogP contribution in [0.15, 0.2) is 83.7 Å².